The number of nitrogens with one attached hydrogen (secondary N) is 1. The van der Waals surface area contributed by atoms with Crippen LogP contribution >= 0.6 is 0 Å². The lowest BCUT2D eigenvalue weighted by molar-refractivity contribution is 0.0516. The lowest BCUT2D eigenvalue weighted by atomic mass is 10.0. The molecule has 1 aliphatic rings. The Balaban J connectivity index is 1.60. The van der Waals surface area contributed by atoms with Crippen molar-refractivity contribution >= 4 is 18.1 Å². The molecule has 1 aliphatic heterocycles. The van der Waals surface area contributed by atoms with Crippen LogP contribution in [0, 0.1) is 0 Å². The summed E-state index contributed by atoms with van der Waals surface area (Å²) in [7, 11) is 1.60. The number of hydrogen-bond donors (Lipinski definition) is 1. The molecule has 2 aromatic rings. The molecule has 174 valence electrons. The summed E-state index contributed by atoms with van der Waals surface area (Å²) in [5, 5.41) is 2.90. The van der Waals surface area contributed by atoms with Crippen molar-refractivity contribution < 1.29 is 28.2 Å². The quantitative estimate of drug-likeness (QED) is 0.587. The van der Waals surface area contributed by atoms with Gasteiger partial charge in [-0.25, -0.2) is 9.59 Å². The first-order valence-electron chi connectivity index (χ1n) is 11.0. The van der Waals surface area contributed by atoms with Crippen molar-refractivity contribution in [2.45, 2.75) is 51.9 Å². The van der Waals surface area contributed by atoms with E-state index in [1.54, 1.807) is 14.0 Å². The number of aryl methyl sites for hydroxylation is 1. The van der Waals surface area contributed by atoms with Crippen molar-refractivity contribution in [1.82, 2.24) is 10.3 Å². The third-order valence-electron chi connectivity index (χ3n) is 5.28. The van der Waals surface area contributed by atoms with E-state index in [4.69, 9.17) is 18.6 Å². The van der Waals surface area contributed by atoms with Gasteiger partial charge in [-0.2, -0.15) is 4.98 Å². The second-order valence-electron chi connectivity index (χ2n) is 7.56. The second kappa shape index (κ2) is 11.5. The van der Waals surface area contributed by atoms with Gasteiger partial charge in [0.25, 0.3) is 6.01 Å². The normalized spacial score (nSPS) is 18.3. The monoisotopic (exact) mass is 445 g/mol. The van der Waals surface area contributed by atoms with Crippen molar-refractivity contribution in [3.8, 4) is 0 Å². The minimum Gasteiger partial charge on any atom is -0.461 e. The molecule has 3 rings (SSSR count). The Hall–Kier alpha value is -3.07. The summed E-state index contributed by atoms with van der Waals surface area (Å²) in [5.41, 5.74) is 1.15. The first kappa shape index (κ1) is 23.6. The molecule has 0 radical (unpaired) electrons. The van der Waals surface area contributed by atoms with E-state index in [0.29, 0.717) is 37.7 Å². The van der Waals surface area contributed by atoms with Crippen molar-refractivity contribution in [3.63, 3.8) is 0 Å². The number of hydrogen-bond acceptors (Lipinski definition) is 8. The number of anilines is 1. The molecule has 2 heterocycles. The van der Waals surface area contributed by atoms with E-state index in [9.17, 15) is 9.59 Å². The van der Waals surface area contributed by atoms with Crippen LogP contribution in [0.2, 0.25) is 0 Å². The van der Waals surface area contributed by atoms with Crippen LogP contribution in [0.4, 0.5) is 10.8 Å². The van der Waals surface area contributed by atoms with E-state index >= 15 is 0 Å². The zero-order valence-electron chi connectivity index (χ0n) is 18.8. The average Bonchev–Trinajstić information content (AvgIpc) is 3.23. The van der Waals surface area contributed by atoms with Crippen LogP contribution in [0.3, 0.4) is 0 Å². The molecule has 1 aromatic heterocycles. The van der Waals surface area contributed by atoms with Crippen LogP contribution in [0.15, 0.2) is 34.7 Å². The van der Waals surface area contributed by atoms with Crippen LogP contribution < -0.4 is 10.2 Å². The molecular formula is C23H31N3O6. The Labute approximate surface area is 188 Å². The van der Waals surface area contributed by atoms with Gasteiger partial charge in [0.05, 0.1) is 25.3 Å². The molecule has 0 aliphatic carbocycles. The smallest absolute Gasteiger partial charge is 0.407 e. The molecule has 2 atom stereocenters. The maximum absolute atomic E-state index is 12.3. The van der Waals surface area contributed by atoms with Gasteiger partial charge in [-0.1, -0.05) is 37.3 Å². The lowest BCUT2D eigenvalue weighted by Crippen LogP contribution is -2.55. The van der Waals surface area contributed by atoms with Gasteiger partial charge >= 0.3 is 12.1 Å². The Morgan fingerprint density at radius 3 is 2.69 bits per heavy atom. The van der Waals surface area contributed by atoms with Gasteiger partial charge in [0.2, 0.25) is 0 Å². The third-order valence-corrected chi connectivity index (χ3v) is 5.28. The fourth-order valence-electron chi connectivity index (χ4n) is 3.64. The molecule has 2 unspecified atom stereocenters. The molecule has 0 saturated carbocycles. The van der Waals surface area contributed by atoms with E-state index in [1.807, 2.05) is 42.2 Å². The topological polar surface area (TPSA) is 103 Å². The molecule has 1 fully saturated rings. The second-order valence-corrected chi connectivity index (χ2v) is 7.56. The minimum absolute atomic E-state index is 0.205. The number of piperidine rings is 1. The number of methoxy groups -OCH3 is 1. The van der Waals surface area contributed by atoms with Gasteiger partial charge in [-0.05, 0) is 25.3 Å². The molecule has 1 N–H and O–H groups in total. The summed E-state index contributed by atoms with van der Waals surface area (Å²) < 4.78 is 22.0. The maximum atomic E-state index is 12.3. The number of ether oxygens (including phenoxy) is 3. The highest BCUT2D eigenvalue weighted by Gasteiger charge is 2.34. The maximum Gasteiger partial charge on any atom is 0.407 e. The largest absolute Gasteiger partial charge is 0.461 e. The molecule has 1 aromatic carbocycles. The van der Waals surface area contributed by atoms with Crippen molar-refractivity contribution in [1.29, 1.82) is 0 Å². The number of aromatic nitrogens is 1. The van der Waals surface area contributed by atoms with Crippen LogP contribution in [-0.4, -0.2) is 56.0 Å². The molecule has 32 heavy (non-hydrogen) atoms. The molecule has 1 amide bonds. The number of rotatable bonds is 9. The standard InChI is InChI=1S/C23H31N3O6/c1-4-9-18-20(21(27)30-5-2)25-22(32-18)26-13-12-17(19(14-26)29-3)24-23(28)31-15-16-10-7-6-8-11-16/h6-8,10-11,17,19H,4-5,9,12-15H2,1-3H3,(H,24,28). The van der Waals surface area contributed by atoms with E-state index in [1.165, 1.54) is 0 Å². The van der Waals surface area contributed by atoms with Crippen molar-refractivity contribution in [2.24, 2.45) is 0 Å². The van der Waals surface area contributed by atoms with E-state index < -0.39 is 12.1 Å². The predicted octanol–water partition coefficient (Wildman–Crippen LogP) is 3.32. The van der Waals surface area contributed by atoms with Crippen LogP contribution in [0.25, 0.3) is 0 Å². The predicted molar refractivity (Wildman–Crippen MR) is 118 cm³/mol. The Morgan fingerprint density at radius 1 is 1.22 bits per heavy atom. The van der Waals surface area contributed by atoms with Crippen LogP contribution in [0.5, 0.6) is 0 Å². The summed E-state index contributed by atoms with van der Waals surface area (Å²) in [6.45, 7) is 5.27. The zero-order chi connectivity index (χ0) is 22.9. The SMILES string of the molecule is CCCc1oc(N2CCC(NC(=O)OCc3ccccc3)C(OC)C2)nc1C(=O)OCC. The number of carbonyl (C=O) groups is 2. The third kappa shape index (κ3) is 6.00. The molecular weight excluding hydrogens is 414 g/mol. The van der Waals surface area contributed by atoms with Gasteiger partial charge in [0.1, 0.15) is 12.4 Å². The summed E-state index contributed by atoms with van der Waals surface area (Å²) in [6.07, 6.45) is 1.25. The molecule has 0 bridgehead atoms. The summed E-state index contributed by atoms with van der Waals surface area (Å²) in [5.74, 6) is 0.0478. The first-order chi connectivity index (χ1) is 15.5. The number of amides is 1. The number of oxazole rings is 1. The van der Waals surface area contributed by atoms with Crippen LogP contribution in [-0.2, 0) is 27.2 Å². The van der Waals surface area contributed by atoms with Crippen molar-refractivity contribution in [3.05, 3.63) is 47.3 Å². The van der Waals surface area contributed by atoms with Crippen LogP contribution in [0.1, 0.15) is 48.5 Å². The number of benzene rings is 1. The number of alkyl carbamates (subject to hydrolysis) is 1. The van der Waals surface area contributed by atoms with Gasteiger partial charge < -0.3 is 28.8 Å². The first-order valence-corrected chi connectivity index (χ1v) is 11.0. The Kier molecular flexibility index (Phi) is 8.49. The number of nitrogens with zero attached hydrogens (tertiary/aromatic N) is 2. The zero-order valence-corrected chi connectivity index (χ0v) is 18.8. The summed E-state index contributed by atoms with van der Waals surface area (Å²) in [4.78, 5) is 30.8. The molecule has 1 saturated heterocycles. The highest BCUT2D eigenvalue weighted by Crippen LogP contribution is 2.25. The summed E-state index contributed by atoms with van der Waals surface area (Å²) >= 11 is 0. The van der Waals surface area contributed by atoms with Gasteiger partial charge in [0, 0.05) is 20.1 Å². The Bertz CT molecular complexity index is 885. The number of esters is 1. The van der Waals surface area contributed by atoms with Gasteiger partial charge in [0.15, 0.2) is 5.69 Å². The molecule has 9 nitrogen and oxygen atoms in total. The molecule has 9 heteroatoms. The fraction of sp³-hybridized carbons (Fsp3) is 0.522. The van der Waals surface area contributed by atoms with E-state index in [2.05, 4.69) is 10.3 Å². The average molecular weight is 446 g/mol. The molecule has 0 spiro atoms. The van der Waals surface area contributed by atoms with E-state index in [-0.39, 0.29) is 31.1 Å². The Morgan fingerprint density at radius 2 is 2.00 bits per heavy atom. The van der Waals surface area contributed by atoms with Crippen molar-refractivity contribution in [2.75, 3.05) is 31.7 Å². The highest BCUT2D eigenvalue weighted by atomic mass is 16.5. The van der Waals surface area contributed by atoms with E-state index in [0.717, 1.165) is 12.0 Å². The minimum atomic E-state index is -0.486. The lowest BCUT2D eigenvalue weighted by Gasteiger charge is -2.37. The van der Waals surface area contributed by atoms with Gasteiger partial charge in [-0.15, -0.1) is 0 Å². The fourth-order valence-corrected chi connectivity index (χ4v) is 3.64. The highest BCUT2D eigenvalue weighted by molar-refractivity contribution is 5.88. The summed E-state index contributed by atoms with van der Waals surface area (Å²) in [6, 6.07) is 9.66. The van der Waals surface area contributed by atoms with Gasteiger partial charge in [-0.3, -0.25) is 0 Å². The number of carbonyl (C=O) groups excluding carboxylic acids is 2.